The van der Waals surface area contributed by atoms with Gasteiger partial charge in [-0.15, -0.1) is 0 Å². The molecule has 0 saturated heterocycles. The molecule has 0 aliphatic heterocycles. The lowest BCUT2D eigenvalue weighted by molar-refractivity contribution is 1.12. The average molecular weight is 214 g/mol. The highest BCUT2D eigenvalue weighted by molar-refractivity contribution is 9.10. The van der Waals surface area contributed by atoms with E-state index in [-0.39, 0.29) is 0 Å². The lowest BCUT2D eigenvalue weighted by Crippen LogP contribution is -2.08. The van der Waals surface area contributed by atoms with E-state index >= 15 is 0 Å². The van der Waals surface area contributed by atoms with Crippen LogP contribution in [0.15, 0.2) is 22.7 Å². The van der Waals surface area contributed by atoms with Crippen LogP contribution in [0.4, 0.5) is 5.69 Å². The van der Waals surface area contributed by atoms with Crippen LogP contribution in [-0.4, -0.2) is 14.1 Å². The molecule has 60 valence electrons. The number of halogens is 1. The van der Waals surface area contributed by atoms with E-state index in [2.05, 4.69) is 46.0 Å². The number of benzene rings is 1. The molecule has 1 aromatic rings. The molecule has 1 nitrogen and oxygen atoms in total. The lowest BCUT2D eigenvalue weighted by atomic mass is 10.2. The summed E-state index contributed by atoms with van der Waals surface area (Å²) in [6, 6.07) is 6.37. The number of anilines is 1. The second kappa shape index (κ2) is 3.26. The van der Waals surface area contributed by atoms with Crippen LogP contribution in [0.2, 0.25) is 0 Å². The molecule has 0 unspecified atom stereocenters. The van der Waals surface area contributed by atoms with Gasteiger partial charge in [-0.05, 0) is 30.7 Å². The molecule has 0 radical (unpaired) electrons. The zero-order valence-corrected chi connectivity index (χ0v) is 8.64. The van der Waals surface area contributed by atoms with Crippen LogP contribution >= 0.6 is 15.9 Å². The van der Waals surface area contributed by atoms with Crippen LogP contribution < -0.4 is 4.90 Å². The van der Waals surface area contributed by atoms with Crippen molar-refractivity contribution >= 4 is 21.6 Å². The molecular weight excluding hydrogens is 202 g/mol. The minimum atomic E-state index is 1.14. The molecule has 0 aliphatic carbocycles. The van der Waals surface area contributed by atoms with Crippen molar-refractivity contribution in [3.63, 3.8) is 0 Å². The van der Waals surface area contributed by atoms with Gasteiger partial charge in [-0.2, -0.15) is 0 Å². The van der Waals surface area contributed by atoms with E-state index in [1.54, 1.807) is 0 Å². The summed E-state index contributed by atoms with van der Waals surface area (Å²) >= 11 is 3.45. The van der Waals surface area contributed by atoms with E-state index in [1.165, 1.54) is 11.3 Å². The maximum Gasteiger partial charge on any atom is 0.0374 e. The van der Waals surface area contributed by atoms with Crippen molar-refractivity contribution in [2.24, 2.45) is 0 Å². The lowest BCUT2D eigenvalue weighted by Gasteiger charge is -2.13. The van der Waals surface area contributed by atoms with Crippen molar-refractivity contribution in [1.82, 2.24) is 0 Å². The van der Waals surface area contributed by atoms with Gasteiger partial charge in [0.15, 0.2) is 0 Å². The van der Waals surface area contributed by atoms with Crippen molar-refractivity contribution in [3.05, 3.63) is 28.2 Å². The molecule has 0 amide bonds. The van der Waals surface area contributed by atoms with Crippen LogP contribution in [0.25, 0.3) is 0 Å². The summed E-state index contributed by atoms with van der Waals surface area (Å²) in [6.07, 6.45) is 0. The van der Waals surface area contributed by atoms with Gasteiger partial charge in [-0.1, -0.05) is 15.9 Å². The second-order valence-electron chi connectivity index (χ2n) is 2.88. The van der Waals surface area contributed by atoms with Gasteiger partial charge in [0.2, 0.25) is 0 Å². The first-order valence-electron chi connectivity index (χ1n) is 3.54. The fourth-order valence-electron chi connectivity index (χ4n) is 0.975. The molecule has 0 spiro atoms. The van der Waals surface area contributed by atoms with Gasteiger partial charge in [0.25, 0.3) is 0 Å². The van der Waals surface area contributed by atoms with E-state index in [1.807, 2.05) is 14.1 Å². The second-order valence-corrected chi connectivity index (χ2v) is 3.80. The normalized spacial score (nSPS) is 9.82. The van der Waals surface area contributed by atoms with Crippen molar-refractivity contribution in [2.45, 2.75) is 6.92 Å². The largest absolute Gasteiger partial charge is 0.378 e. The van der Waals surface area contributed by atoms with Crippen molar-refractivity contribution in [1.29, 1.82) is 0 Å². The highest BCUT2D eigenvalue weighted by Crippen LogP contribution is 2.20. The maximum atomic E-state index is 3.45. The summed E-state index contributed by atoms with van der Waals surface area (Å²) in [5, 5.41) is 0. The Morgan fingerprint density at radius 3 is 2.27 bits per heavy atom. The Hall–Kier alpha value is -0.500. The summed E-state index contributed by atoms with van der Waals surface area (Å²) in [4.78, 5) is 2.09. The molecule has 11 heavy (non-hydrogen) atoms. The molecule has 0 bridgehead atoms. The van der Waals surface area contributed by atoms with Crippen LogP contribution in [-0.2, 0) is 0 Å². The smallest absolute Gasteiger partial charge is 0.0374 e. The highest BCUT2D eigenvalue weighted by atomic mass is 79.9. The number of nitrogens with zero attached hydrogens (tertiary/aromatic N) is 1. The maximum absolute atomic E-state index is 3.45. The minimum absolute atomic E-state index is 1.14. The Morgan fingerprint density at radius 2 is 1.82 bits per heavy atom. The third kappa shape index (κ3) is 2.22. The molecule has 1 aromatic carbocycles. The van der Waals surface area contributed by atoms with Crippen LogP contribution in [0, 0.1) is 6.92 Å². The first-order valence-corrected chi connectivity index (χ1v) is 4.33. The number of rotatable bonds is 1. The number of hydrogen-bond acceptors (Lipinski definition) is 1. The van der Waals surface area contributed by atoms with Crippen LogP contribution in [0.3, 0.4) is 0 Å². The highest BCUT2D eigenvalue weighted by Gasteiger charge is 1.96. The Morgan fingerprint density at radius 1 is 1.18 bits per heavy atom. The fourth-order valence-corrected chi connectivity index (χ4v) is 1.57. The molecule has 0 fully saturated rings. The standard InChI is InChI=1S/C9H12BrN/c1-7-4-8(10)6-9(5-7)11(2)3/h4-6H,1-3H3. The molecule has 0 heterocycles. The molecule has 1 rings (SSSR count). The van der Waals surface area contributed by atoms with Gasteiger partial charge in [0, 0.05) is 24.3 Å². The topological polar surface area (TPSA) is 3.24 Å². The van der Waals surface area contributed by atoms with E-state index in [4.69, 9.17) is 0 Å². The van der Waals surface area contributed by atoms with Crippen LogP contribution in [0.5, 0.6) is 0 Å². The molecule has 0 atom stereocenters. The van der Waals surface area contributed by atoms with Crippen molar-refractivity contribution < 1.29 is 0 Å². The summed E-state index contributed by atoms with van der Waals surface area (Å²) in [7, 11) is 4.09. The minimum Gasteiger partial charge on any atom is -0.378 e. The summed E-state index contributed by atoms with van der Waals surface area (Å²) in [5.74, 6) is 0. The van der Waals surface area contributed by atoms with Crippen molar-refractivity contribution in [2.75, 3.05) is 19.0 Å². The van der Waals surface area contributed by atoms with E-state index in [0.29, 0.717) is 0 Å². The fraction of sp³-hybridized carbons (Fsp3) is 0.333. The summed E-state index contributed by atoms with van der Waals surface area (Å²) < 4.78 is 1.14. The van der Waals surface area contributed by atoms with Gasteiger partial charge in [0.1, 0.15) is 0 Å². The molecule has 2 heteroatoms. The van der Waals surface area contributed by atoms with Crippen molar-refractivity contribution in [3.8, 4) is 0 Å². The average Bonchev–Trinajstić information content (AvgIpc) is 1.85. The SMILES string of the molecule is Cc1cc(Br)cc(N(C)C)c1. The van der Waals surface area contributed by atoms with E-state index in [9.17, 15) is 0 Å². The Labute approximate surface area is 76.2 Å². The Balaban J connectivity index is 3.08. The van der Waals surface area contributed by atoms with E-state index in [0.717, 1.165) is 4.47 Å². The molecular formula is C9H12BrN. The summed E-state index contributed by atoms with van der Waals surface area (Å²) in [5.41, 5.74) is 2.51. The molecule has 0 aliphatic rings. The third-order valence-electron chi connectivity index (χ3n) is 1.54. The Bertz CT molecular complexity index is 235. The van der Waals surface area contributed by atoms with Gasteiger partial charge >= 0.3 is 0 Å². The third-order valence-corrected chi connectivity index (χ3v) is 2.00. The predicted octanol–water partition coefficient (Wildman–Crippen LogP) is 2.82. The van der Waals surface area contributed by atoms with Gasteiger partial charge in [0.05, 0.1) is 0 Å². The van der Waals surface area contributed by atoms with Gasteiger partial charge in [-0.3, -0.25) is 0 Å². The number of hydrogen-bond donors (Lipinski definition) is 0. The molecule has 0 saturated carbocycles. The Kier molecular flexibility index (Phi) is 2.55. The zero-order valence-electron chi connectivity index (χ0n) is 7.06. The predicted molar refractivity (Wildman–Crippen MR) is 53.2 cm³/mol. The first kappa shape index (κ1) is 8.60. The van der Waals surface area contributed by atoms with E-state index < -0.39 is 0 Å². The first-order chi connectivity index (χ1) is 5.09. The van der Waals surface area contributed by atoms with Gasteiger partial charge in [-0.25, -0.2) is 0 Å². The molecule has 0 N–H and O–H groups in total. The summed E-state index contributed by atoms with van der Waals surface area (Å²) in [6.45, 7) is 2.09. The van der Waals surface area contributed by atoms with Crippen LogP contribution in [0.1, 0.15) is 5.56 Å². The quantitative estimate of drug-likeness (QED) is 0.694. The molecule has 0 aromatic heterocycles. The zero-order chi connectivity index (χ0) is 8.43. The number of aryl methyl sites for hydroxylation is 1. The van der Waals surface area contributed by atoms with Gasteiger partial charge < -0.3 is 4.90 Å². The monoisotopic (exact) mass is 213 g/mol.